The van der Waals surface area contributed by atoms with Crippen LogP contribution in [0.5, 0.6) is 0 Å². The molecule has 1 aromatic heterocycles. The molecule has 4 nitrogen and oxygen atoms in total. The van der Waals surface area contributed by atoms with Crippen LogP contribution in [0.25, 0.3) is 0 Å². The van der Waals surface area contributed by atoms with Gasteiger partial charge in [0.05, 0.1) is 12.0 Å². The Bertz CT molecular complexity index is 460. The van der Waals surface area contributed by atoms with Crippen LogP contribution in [0.2, 0.25) is 0 Å². The monoisotopic (exact) mass is 276 g/mol. The minimum atomic E-state index is -0.0223. The van der Waals surface area contributed by atoms with Crippen molar-refractivity contribution >= 4 is 5.91 Å². The van der Waals surface area contributed by atoms with Crippen LogP contribution in [0.4, 0.5) is 0 Å². The molecule has 0 saturated carbocycles. The van der Waals surface area contributed by atoms with E-state index in [4.69, 9.17) is 4.74 Å². The summed E-state index contributed by atoms with van der Waals surface area (Å²) in [5, 5.41) is 3.05. The predicted molar refractivity (Wildman–Crippen MR) is 78.1 cm³/mol. The number of ether oxygens (including phenoxy) is 1. The molecule has 2 rings (SSSR count). The first-order valence-electron chi connectivity index (χ1n) is 7.38. The third-order valence-corrected chi connectivity index (χ3v) is 3.95. The summed E-state index contributed by atoms with van der Waals surface area (Å²) < 4.78 is 5.78. The quantitative estimate of drug-likeness (QED) is 0.919. The van der Waals surface area contributed by atoms with E-state index in [0.29, 0.717) is 12.5 Å². The molecule has 2 heterocycles. The van der Waals surface area contributed by atoms with Gasteiger partial charge in [0.1, 0.15) is 0 Å². The molecular weight excluding hydrogens is 252 g/mol. The van der Waals surface area contributed by atoms with E-state index in [9.17, 15) is 4.79 Å². The highest BCUT2D eigenvalue weighted by molar-refractivity contribution is 5.79. The summed E-state index contributed by atoms with van der Waals surface area (Å²) in [6.45, 7) is 7.58. The topological polar surface area (TPSA) is 51.2 Å². The van der Waals surface area contributed by atoms with Gasteiger partial charge in [-0.25, -0.2) is 0 Å². The van der Waals surface area contributed by atoms with Crippen LogP contribution >= 0.6 is 0 Å². The van der Waals surface area contributed by atoms with Gasteiger partial charge in [0, 0.05) is 25.5 Å². The Balaban J connectivity index is 1.95. The second kappa shape index (κ2) is 6.84. The van der Waals surface area contributed by atoms with Crippen LogP contribution in [0.1, 0.15) is 37.8 Å². The van der Waals surface area contributed by atoms with E-state index in [-0.39, 0.29) is 17.9 Å². The molecule has 1 N–H and O–H groups in total. The van der Waals surface area contributed by atoms with Crippen molar-refractivity contribution in [1.29, 1.82) is 0 Å². The molecule has 1 aliphatic rings. The highest BCUT2D eigenvalue weighted by atomic mass is 16.5. The maximum Gasteiger partial charge on any atom is 0.226 e. The largest absolute Gasteiger partial charge is 0.377 e. The zero-order chi connectivity index (χ0) is 14.5. The number of amides is 1. The van der Waals surface area contributed by atoms with E-state index in [1.807, 2.05) is 19.2 Å². The van der Waals surface area contributed by atoms with Crippen molar-refractivity contribution in [3.8, 4) is 0 Å². The summed E-state index contributed by atoms with van der Waals surface area (Å²) in [6.07, 6.45) is 5.51. The Hall–Kier alpha value is -1.42. The molecule has 2 atom stereocenters. The first-order valence-corrected chi connectivity index (χ1v) is 7.38. The van der Waals surface area contributed by atoms with E-state index in [0.717, 1.165) is 30.6 Å². The number of hydrogen-bond donors (Lipinski definition) is 1. The Morgan fingerprint density at radius 2 is 2.35 bits per heavy atom. The first kappa shape index (κ1) is 15.0. The van der Waals surface area contributed by atoms with Crippen molar-refractivity contribution < 1.29 is 9.53 Å². The van der Waals surface area contributed by atoms with Gasteiger partial charge in [-0.3, -0.25) is 9.78 Å². The van der Waals surface area contributed by atoms with E-state index in [1.165, 1.54) is 0 Å². The summed E-state index contributed by atoms with van der Waals surface area (Å²) in [5.74, 6) is 0.458. The van der Waals surface area contributed by atoms with Crippen LogP contribution in [0, 0.1) is 18.8 Å². The Kier molecular flexibility index (Phi) is 5.12. The summed E-state index contributed by atoms with van der Waals surface area (Å²) in [5.41, 5.74) is 2.22. The second-order valence-corrected chi connectivity index (χ2v) is 5.85. The Morgan fingerprint density at radius 1 is 1.55 bits per heavy atom. The SMILES string of the molecule is Cc1cnccc1CNC(=O)[C@@H]1CCCO[C@H]1C(C)C. The van der Waals surface area contributed by atoms with Crippen LogP contribution in [0.15, 0.2) is 18.5 Å². The average molecular weight is 276 g/mol. The number of hydrogen-bond acceptors (Lipinski definition) is 3. The van der Waals surface area contributed by atoms with Crippen LogP contribution < -0.4 is 5.32 Å². The lowest BCUT2D eigenvalue weighted by molar-refractivity contribution is -0.137. The summed E-state index contributed by atoms with van der Waals surface area (Å²) in [6, 6.07) is 1.95. The van der Waals surface area contributed by atoms with E-state index < -0.39 is 0 Å². The van der Waals surface area contributed by atoms with Crippen molar-refractivity contribution in [2.75, 3.05) is 6.61 Å². The van der Waals surface area contributed by atoms with Crippen LogP contribution in [-0.4, -0.2) is 23.6 Å². The minimum absolute atomic E-state index is 0.0223. The molecule has 20 heavy (non-hydrogen) atoms. The summed E-state index contributed by atoms with van der Waals surface area (Å²) in [4.78, 5) is 16.5. The van der Waals surface area contributed by atoms with Gasteiger partial charge in [-0.2, -0.15) is 0 Å². The lowest BCUT2D eigenvalue weighted by Crippen LogP contribution is -2.43. The third-order valence-electron chi connectivity index (χ3n) is 3.95. The summed E-state index contributed by atoms with van der Waals surface area (Å²) in [7, 11) is 0. The molecule has 0 radical (unpaired) electrons. The van der Waals surface area contributed by atoms with Crippen molar-refractivity contribution in [2.24, 2.45) is 11.8 Å². The number of carbonyl (C=O) groups is 1. The number of aromatic nitrogens is 1. The number of pyridine rings is 1. The molecule has 1 aromatic rings. The molecule has 0 aromatic carbocycles. The van der Waals surface area contributed by atoms with Gasteiger partial charge in [-0.15, -0.1) is 0 Å². The minimum Gasteiger partial charge on any atom is -0.377 e. The van der Waals surface area contributed by atoms with Gasteiger partial charge in [-0.1, -0.05) is 13.8 Å². The van der Waals surface area contributed by atoms with Gasteiger partial charge >= 0.3 is 0 Å². The van der Waals surface area contributed by atoms with Gasteiger partial charge in [-0.05, 0) is 42.9 Å². The zero-order valence-electron chi connectivity index (χ0n) is 12.6. The standard InChI is InChI=1S/C16H24N2O2/c1-11(2)15-14(5-4-8-20-15)16(19)18-10-13-6-7-17-9-12(13)3/h6-7,9,11,14-15H,4-5,8,10H2,1-3H3,(H,18,19)/t14-,15+/m1/s1. The third kappa shape index (κ3) is 3.57. The lowest BCUT2D eigenvalue weighted by atomic mass is 9.87. The molecule has 1 amide bonds. The molecule has 110 valence electrons. The van der Waals surface area contributed by atoms with E-state index in [2.05, 4.69) is 24.1 Å². The number of rotatable bonds is 4. The highest BCUT2D eigenvalue weighted by Gasteiger charge is 2.33. The highest BCUT2D eigenvalue weighted by Crippen LogP contribution is 2.26. The van der Waals surface area contributed by atoms with Crippen molar-refractivity contribution in [3.05, 3.63) is 29.6 Å². The lowest BCUT2D eigenvalue weighted by Gasteiger charge is -2.33. The Morgan fingerprint density at radius 3 is 3.05 bits per heavy atom. The molecule has 4 heteroatoms. The maximum atomic E-state index is 12.4. The molecular formula is C16H24N2O2. The summed E-state index contributed by atoms with van der Waals surface area (Å²) >= 11 is 0. The fourth-order valence-electron chi connectivity index (χ4n) is 2.75. The normalized spacial score (nSPS) is 22.8. The maximum absolute atomic E-state index is 12.4. The molecule has 1 aliphatic heterocycles. The molecule has 1 saturated heterocycles. The molecule has 0 spiro atoms. The van der Waals surface area contributed by atoms with Crippen molar-refractivity contribution in [3.63, 3.8) is 0 Å². The average Bonchev–Trinajstić information content (AvgIpc) is 2.46. The first-order chi connectivity index (χ1) is 9.59. The molecule has 1 fully saturated rings. The number of carbonyl (C=O) groups excluding carboxylic acids is 1. The second-order valence-electron chi connectivity index (χ2n) is 5.85. The smallest absolute Gasteiger partial charge is 0.226 e. The van der Waals surface area contributed by atoms with Gasteiger partial charge in [0.2, 0.25) is 5.91 Å². The fourth-order valence-corrected chi connectivity index (χ4v) is 2.75. The van der Waals surface area contributed by atoms with Gasteiger partial charge in [0.25, 0.3) is 0 Å². The zero-order valence-corrected chi connectivity index (χ0v) is 12.6. The molecule has 0 aliphatic carbocycles. The Labute approximate surface area is 120 Å². The fraction of sp³-hybridized carbons (Fsp3) is 0.625. The van der Waals surface area contributed by atoms with Crippen LogP contribution in [0.3, 0.4) is 0 Å². The van der Waals surface area contributed by atoms with Crippen molar-refractivity contribution in [2.45, 2.75) is 46.3 Å². The number of nitrogens with zero attached hydrogens (tertiary/aromatic N) is 1. The van der Waals surface area contributed by atoms with Gasteiger partial charge < -0.3 is 10.1 Å². The number of nitrogens with one attached hydrogen (secondary N) is 1. The number of aryl methyl sites for hydroxylation is 1. The van der Waals surface area contributed by atoms with Crippen molar-refractivity contribution in [1.82, 2.24) is 10.3 Å². The van der Waals surface area contributed by atoms with Gasteiger partial charge in [0.15, 0.2) is 0 Å². The molecule has 0 bridgehead atoms. The van der Waals surface area contributed by atoms with E-state index in [1.54, 1.807) is 6.20 Å². The van der Waals surface area contributed by atoms with E-state index >= 15 is 0 Å². The predicted octanol–water partition coefficient (Wildman–Crippen LogP) is 2.46. The molecule has 0 unspecified atom stereocenters. The van der Waals surface area contributed by atoms with Crippen LogP contribution in [-0.2, 0) is 16.1 Å².